The third-order valence-corrected chi connectivity index (χ3v) is 2.48. The zero-order valence-electron chi connectivity index (χ0n) is 9.03. The molecule has 0 fully saturated rings. The zero-order chi connectivity index (χ0) is 10.6. The molecule has 2 heteroatoms. The number of nitrogens with zero attached hydrogens (tertiary/aromatic N) is 1. The Balaban J connectivity index is 2.67. The number of carbonyl (C=O) groups is 1. The van der Waals surface area contributed by atoms with Crippen molar-refractivity contribution in [2.45, 2.75) is 27.2 Å². The Morgan fingerprint density at radius 1 is 1.43 bits per heavy atom. The molecule has 0 aromatic carbocycles. The molecule has 1 aromatic rings. The molecule has 0 bridgehead atoms. The second-order valence-corrected chi connectivity index (χ2v) is 4.06. The van der Waals surface area contributed by atoms with E-state index >= 15 is 0 Å². The third kappa shape index (κ3) is 2.95. The van der Waals surface area contributed by atoms with Gasteiger partial charge in [0.2, 0.25) is 0 Å². The van der Waals surface area contributed by atoms with Gasteiger partial charge in [-0.2, -0.15) is 0 Å². The Labute approximate surface area is 85.4 Å². The van der Waals surface area contributed by atoms with E-state index in [0.29, 0.717) is 5.92 Å². The van der Waals surface area contributed by atoms with Crippen LogP contribution >= 0.6 is 0 Å². The van der Waals surface area contributed by atoms with Crippen LogP contribution in [0.2, 0.25) is 0 Å². The van der Waals surface area contributed by atoms with E-state index in [4.69, 9.17) is 0 Å². The molecular formula is C12H17NO. The van der Waals surface area contributed by atoms with Crippen LogP contribution in [-0.4, -0.2) is 11.3 Å². The maximum absolute atomic E-state index is 10.8. The molecule has 2 nitrogen and oxygen atoms in total. The van der Waals surface area contributed by atoms with Gasteiger partial charge >= 0.3 is 0 Å². The smallest absolute Gasteiger partial charge is 0.123 e. The molecular weight excluding hydrogens is 174 g/mol. The highest BCUT2D eigenvalue weighted by Gasteiger charge is 2.12. The van der Waals surface area contributed by atoms with Gasteiger partial charge in [0.05, 0.1) is 0 Å². The molecule has 1 aromatic heterocycles. The van der Waals surface area contributed by atoms with Gasteiger partial charge in [-0.05, 0) is 30.9 Å². The summed E-state index contributed by atoms with van der Waals surface area (Å²) in [6.45, 7) is 6.10. The Morgan fingerprint density at radius 3 is 2.57 bits per heavy atom. The van der Waals surface area contributed by atoms with Gasteiger partial charge < -0.3 is 4.79 Å². The summed E-state index contributed by atoms with van der Waals surface area (Å²) >= 11 is 0. The molecule has 0 aliphatic heterocycles. The summed E-state index contributed by atoms with van der Waals surface area (Å²) in [7, 11) is 0. The number of hydrogen-bond donors (Lipinski definition) is 0. The van der Waals surface area contributed by atoms with Gasteiger partial charge in [0.15, 0.2) is 0 Å². The van der Waals surface area contributed by atoms with Crippen LogP contribution in [0.25, 0.3) is 0 Å². The first-order chi connectivity index (χ1) is 6.63. The van der Waals surface area contributed by atoms with Crippen LogP contribution in [0, 0.1) is 18.8 Å². The molecule has 76 valence electrons. The summed E-state index contributed by atoms with van der Waals surface area (Å²) in [4.78, 5) is 15.0. The summed E-state index contributed by atoms with van der Waals surface area (Å²) in [6.07, 6.45) is 3.70. The highest BCUT2D eigenvalue weighted by atomic mass is 16.1. The van der Waals surface area contributed by atoms with Crippen molar-refractivity contribution in [3.63, 3.8) is 0 Å². The van der Waals surface area contributed by atoms with E-state index in [2.05, 4.69) is 18.8 Å². The highest BCUT2D eigenvalue weighted by molar-refractivity contribution is 5.54. The van der Waals surface area contributed by atoms with Crippen LogP contribution in [0.3, 0.4) is 0 Å². The lowest BCUT2D eigenvalue weighted by Gasteiger charge is -2.13. The van der Waals surface area contributed by atoms with E-state index < -0.39 is 0 Å². The minimum Gasteiger partial charge on any atom is -0.303 e. The number of pyridine rings is 1. The molecule has 0 amide bonds. The largest absolute Gasteiger partial charge is 0.303 e. The molecule has 1 atom stereocenters. The van der Waals surface area contributed by atoms with Crippen LogP contribution in [-0.2, 0) is 11.2 Å². The predicted octanol–water partition coefficient (Wildman–Crippen LogP) is 2.40. The molecule has 0 aliphatic rings. The number of aldehydes is 1. The van der Waals surface area contributed by atoms with Crippen LogP contribution in [0.5, 0.6) is 0 Å². The van der Waals surface area contributed by atoms with Crippen molar-refractivity contribution in [2.24, 2.45) is 11.8 Å². The summed E-state index contributed by atoms with van der Waals surface area (Å²) in [6, 6.07) is 4.03. The normalized spacial score (nSPS) is 12.9. The SMILES string of the molecule is Cc1ccc(CC(C=O)C(C)C)cn1. The van der Waals surface area contributed by atoms with Crippen molar-refractivity contribution in [2.75, 3.05) is 0 Å². The van der Waals surface area contributed by atoms with Crippen LogP contribution < -0.4 is 0 Å². The second-order valence-electron chi connectivity index (χ2n) is 4.06. The number of hydrogen-bond acceptors (Lipinski definition) is 2. The maximum Gasteiger partial charge on any atom is 0.123 e. The fourth-order valence-corrected chi connectivity index (χ4v) is 1.33. The third-order valence-electron chi connectivity index (χ3n) is 2.48. The van der Waals surface area contributed by atoms with Crippen LogP contribution in [0.15, 0.2) is 18.3 Å². The van der Waals surface area contributed by atoms with Gasteiger partial charge in [-0.25, -0.2) is 0 Å². The van der Waals surface area contributed by atoms with Gasteiger partial charge in [-0.1, -0.05) is 19.9 Å². The first kappa shape index (κ1) is 10.9. The Bertz CT molecular complexity index is 290. The molecule has 0 aliphatic carbocycles. The molecule has 1 heterocycles. The van der Waals surface area contributed by atoms with E-state index in [-0.39, 0.29) is 5.92 Å². The Hall–Kier alpha value is -1.18. The molecule has 0 spiro atoms. The van der Waals surface area contributed by atoms with Crippen molar-refractivity contribution < 1.29 is 4.79 Å². The topological polar surface area (TPSA) is 30.0 Å². The quantitative estimate of drug-likeness (QED) is 0.684. The highest BCUT2D eigenvalue weighted by Crippen LogP contribution is 2.14. The molecule has 14 heavy (non-hydrogen) atoms. The second kappa shape index (κ2) is 4.89. The molecule has 1 unspecified atom stereocenters. The van der Waals surface area contributed by atoms with E-state index in [1.165, 1.54) is 0 Å². The van der Waals surface area contributed by atoms with Crippen molar-refractivity contribution in [1.82, 2.24) is 4.98 Å². The van der Waals surface area contributed by atoms with Gasteiger partial charge in [0.25, 0.3) is 0 Å². The van der Waals surface area contributed by atoms with Crippen molar-refractivity contribution in [3.05, 3.63) is 29.6 Å². The number of rotatable bonds is 4. The Morgan fingerprint density at radius 2 is 2.14 bits per heavy atom. The lowest BCUT2D eigenvalue weighted by Crippen LogP contribution is -2.13. The first-order valence-corrected chi connectivity index (χ1v) is 5.00. The predicted molar refractivity (Wildman–Crippen MR) is 57.1 cm³/mol. The maximum atomic E-state index is 10.8. The first-order valence-electron chi connectivity index (χ1n) is 5.00. The Kier molecular flexibility index (Phi) is 3.81. The van der Waals surface area contributed by atoms with Gasteiger partial charge in [-0.15, -0.1) is 0 Å². The lowest BCUT2D eigenvalue weighted by molar-refractivity contribution is -0.112. The number of carbonyl (C=O) groups excluding carboxylic acids is 1. The van der Waals surface area contributed by atoms with Crippen molar-refractivity contribution in [1.29, 1.82) is 0 Å². The minimum atomic E-state index is 0.111. The van der Waals surface area contributed by atoms with Crippen molar-refractivity contribution >= 4 is 6.29 Å². The zero-order valence-corrected chi connectivity index (χ0v) is 9.03. The van der Waals surface area contributed by atoms with E-state index in [0.717, 1.165) is 24.0 Å². The molecule has 1 rings (SSSR count). The van der Waals surface area contributed by atoms with Crippen molar-refractivity contribution in [3.8, 4) is 0 Å². The van der Waals surface area contributed by atoms with Gasteiger partial charge in [0.1, 0.15) is 6.29 Å². The average molecular weight is 191 g/mol. The minimum absolute atomic E-state index is 0.111. The number of aromatic nitrogens is 1. The van der Waals surface area contributed by atoms with E-state index in [1.807, 2.05) is 25.3 Å². The lowest BCUT2D eigenvalue weighted by atomic mass is 9.91. The standard InChI is InChI=1S/C12H17NO/c1-9(2)12(8-14)6-11-5-4-10(3)13-7-11/h4-5,7-9,12H,6H2,1-3H3. The summed E-state index contributed by atoms with van der Waals surface area (Å²) < 4.78 is 0. The number of aryl methyl sites for hydroxylation is 1. The fourth-order valence-electron chi connectivity index (χ4n) is 1.33. The average Bonchev–Trinajstić information content (AvgIpc) is 2.16. The molecule has 0 N–H and O–H groups in total. The summed E-state index contributed by atoms with van der Waals surface area (Å²) in [5.41, 5.74) is 2.15. The van der Waals surface area contributed by atoms with E-state index in [9.17, 15) is 4.79 Å². The fraction of sp³-hybridized carbons (Fsp3) is 0.500. The van der Waals surface area contributed by atoms with Gasteiger partial charge in [-0.3, -0.25) is 4.98 Å². The summed E-state index contributed by atoms with van der Waals surface area (Å²) in [5, 5.41) is 0. The molecule has 0 radical (unpaired) electrons. The van der Waals surface area contributed by atoms with Gasteiger partial charge in [0, 0.05) is 17.8 Å². The molecule has 0 saturated heterocycles. The summed E-state index contributed by atoms with van der Waals surface area (Å²) in [5.74, 6) is 0.508. The van der Waals surface area contributed by atoms with Crippen LogP contribution in [0.1, 0.15) is 25.1 Å². The van der Waals surface area contributed by atoms with E-state index in [1.54, 1.807) is 0 Å². The van der Waals surface area contributed by atoms with Crippen LogP contribution in [0.4, 0.5) is 0 Å². The molecule has 0 saturated carbocycles. The monoisotopic (exact) mass is 191 g/mol.